The van der Waals surface area contributed by atoms with E-state index < -0.39 is 41.8 Å². The average molecular weight is 349 g/mol. The largest absolute Gasteiger partial charge is 0.394 e. The van der Waals surface area contributed by atoms with Crippen molar-refractivity contribution in [2.24, 2.45) is 4.99 Å². The van der Waals surface area contributed by atoms with Gasteiger partial charge in [0.1, 0.15) is 29.4 Å². The first-order valence-corrected chi connectivity index (χ1v) is 7.49. The van der Waals surface area contributed by atoms with Gasteiger partial charge >= 0.3 is 11.1 Å². The van der Waals surface area contributed by atoms with Crippen LogP contribution in [-0.2, 0) is 4.74 Å². The van der Waals surface area contributed by atoms with Gasteiger partial charge in [0.25, 0.3) is 0 Å². The average Bonchev–Trinajstić information content (AvgIpc) is 2.99. The zero-order valence-corrected chi connectivity index (χ0v) is 13.0. The minimum atomic E-state index is -1.72. The van der Waals surface area contributed by atoms with Gasteiger partial charge in [-0.3, -0.25) is 9.59 Å². The third-order valence-electron chi connectivity index (χ3n) is 4.47. The Labute approximate surface area is 139 Å². The number of nitrogens with zero attached hydrogens (tertiary/aromatic N) is 3. The summed E-state index contributed by atoms with van der Waals surface area (Å²) in [6.07, 6.45) is -0.664. The summed E-state index contributed by atoms with van der Waals surface area (Å²) in [5, 5.41) is 33.2. The highest BCUT2D eigenvalue weighted by Crippen LogP contribution is 2.43. The number of hydrogen-bond acceptors (Lipinski definition) is 9. The zero-order valence-electron chi connectivity index (χ0n) is 13.0. The molecule has 4 rings (SSSR count). The third kappa shape index (κ3) is 2.14. The highest BCUT2D eigenvalue weighted by atomic mass is 16.6. The Bertz CT molecular complexity index is 1010. The minimum absolute atomic E-state index is 0.138. The van der Waals surface area contributed by atoms with Crippen LogP contribution in [0.15, 0.2) is 20.8 Å². The number of aromatic amines is 1. The van der Waals surface area contributed by atoms with Crippen molar-refractivity contribution in [3.63, 3.8) is 0 Å². The molecule has 1 unspecified atom stereocenters. The number of rotatable bonds is 2. The van der Waals surface area contributed by atoms with Gasteiger partial charge in [0, 0.05) is 6.20 Å². The second kappa shape index (κ2) is 5.20. The Hall–Kier alpha value is -2.60. The van der Waals surface area contributed by atoms with Crippen LogP contribution in [0.2, 0.25) is 0 Å². The Kier molecular flexibility index (Phi) is 3.30. The number of ether oxygens (including phenoxy) is 1. The molecule has 2 aliphatic rings. The normalized spacial score (nSPS) is 30.6. The maximum Gasteiger partial charge on any atom is 0.337 e. The lowest BCUT2D eigenvalue weighted by molar-refractivity contribution is -0.0955. The molecule has 25 heavy (non-hydrogen) atoms. The fourth-order valence-corrected chi connectivity index (χ4v) is 3.19. The van der Waals surface area contributed by atoms with Crippen LogP contribution in [-0.4, -0.2) is 60.6 Å². The highest BCUT2D eigenvalue weighted by molar-refractivity contribution is 6.04. The van der Waals surface area contributed by atoms with E-state index in [4.69, 9.17) is 4.74 Å². The van der Waals surface area contributed by atoms with E-state index in [0.717, 1.165) is 0 Å². The number of aliphatic hydroxyl groups excluding tert-OH is 2. The second-order valence-electron chi connectivity index (χ2n) is 6.15. The van der Waals surface area contributed by atoms with Gasteiger partial charge in [0.2, 0.25) is 0 Å². The molecule has 11 nitrogen and oxygen atoms in total. The topological polar surface area (TPSA) is 162 Å². The summed E-state index contributed by atoms with van der Waals surface area (Å²) in [6, 6.07) is 0. The van der Waals surface area contributed by atoms with Gasteiger partial charge < -0.3 is 34.9 Å². The van der Waals surface area contributed by atoms with Gasteiger partial charge in [0.05, 0.1) is 23.8 Å². The quantitative estimate of drug-likeness (QED) is 0.395. The summed E-state index contributed by atoms with van der Waals surface area (Å²) in [4.78, 5) is 33.7. The molecule has 0 saturated carbocycles. The van der Waals surface area contributed by atoms with E-state index in [1.165, 1.54) is 24.0 Å². The lowest BCUT2D eigenvalue weighted by Crippen LogP contribution is -2.44. The molecule has 0 radical (unpaired) electrons. The molecule has 0 spiro atoms. The number of H-pyrrole nitrogens is 1. The predicted molar refractivity (Wildman–Crippen MR) is 86.0 cm³/mol. The first kappa shape index (κ1) is 15.9. The van der Waals surface area contributed by atoms with E-state index in [1.54, 1.807) is 0 Å². The summed E-state index contributed by atoms with van der Waals surface area (Å²) in [5.41, 5.74) is -3.32. The molecule has 0 aromatic carbocycles. The van der Waals surface area contributed by atoms with Crippen molar-refractivity contribution in [1.82, 2.24) is 14.5 Å². The molecule has 1 saturated heterocycles. The van der Waals surface area contributed by atoms with Crippen LogP contribution in [0.5, 0.6) is 0 Å². The van der Waals surface area contributed by atoms with E-state index in [9.17, 15) is 24.9 Å². The van der Waals surface area contributed by atoms with Gasteiger partial charge in [-0.15, -0.1) is 0 Å². The van der Waals surface area contributed by atoms with Crippen molar-refractivity contribution in [3.8, 4) is 0 Å². The van der Waals surface area contributed by atoms with E-state index in [1.807, 2.05) is 0 Å². The molecular weight excluding hydrogens is 334 g/mol. The molecule has 2 aromatic heterocycles. The van der Waals surface area contributed by atoms with Crippen LogP contribution in [0, 0.1) is 0 Å². The lowest BCUT2D eigenvalue weighted by atomic mass is 9.96. The number of aliphatic imine (C=N–C) groups is 1. The van der Waals surface area contributed by atoms with Crippen LogP contribution < -0.4 is 16.4 Å². The van der Waals surface area contributed by atoms with Crippen molar-refractivity contribution in [3.05, 3.63) is 26.9 Å². The molecule has 5 N–H and O–H groups in total. The van der Waals surface area contributed by atoms with E-state index in [2.05, 4.69) is 20.3 Å². The van der Waals surface area contributed by atoms with Crippen molar-refractivity contribution in [2.45, 2.75) is 31.0 Å². The van der Waals surface area contributed by atoms with Crippen LogP contribution >= 0.6 is 0 Å². The first-order chi connectivity index (χ1) is 11.8. The molecule has 4 heterocycles. The molecule has 2 aliphatic heterocycles. The van der Waals surface area contributed by atoms with Crippen LogP contribution in [0.3, 0.4) is 0 Å². The number of anilines is 1. The molecule has 2 aromatic rings. The summed E-state index contributed by atoms with van der Waals surface area (Å²) in [5.74, 6) is 0.414. The van der Waals surface area contributed by atoms with Gasteiger partial charge in [-0.05, 0) is 6.92 Å². The molecule has 0 bridgehead atoms. The third-order valence-corrected chi connectivity index (χ3v) is 4.47. The summed E-state index contributed by atoms with van der Waals surface area (Å²) >= 11 is 0. The van der Waals surface area contributed by atoms with Gasteiger partial charge in [-0.25, -0.2) is 4.99 Å². The number of hydrogen-bond donors (Lipinski definition) is 5. The SMILES string of the molecule is C[C@@]1(O)C(n2cc3[nH]c(=O)c(=O)nc4c3c2N=CN4)O[C@H](CO)[C@H]1O. The minimum Gasteiger partial charge on any atom is -0.394 e. The number of aromatic nitrogens is 3. The summed E-state index contributed by atoms with van der Waals surface area (Å²) < 4.78 is 7.01. The van der Waals surface area contributed by atoms with Crippen molar-refractivity contribution in [2.75, 3.05) is 11.9 Å². The monoisotopic (exact) mass is 349 g/mol. The van der Waals surface area contributed by atoms with Gasteiger partial charge in [0.15, 0.2) is 6.23 Å². The Morgan fingerprint density at radius 2 is 2.20 bits per heavy atom. The first-order valence-electron chi connectivity index (χ1n) is 7.49. The Morgan fingerprint density at radius 1 is 1.44 bits per heavy atom. The summed E-state index contributed by atoms with van der Waals surface area (Å²) in [6.45, 7) is 0.894. The van der Waals surface area contributed by atoms with E-state index >= 15 is 0 Å². The zero-order chi connectivity index (χ0) is 17.9. The predicted octanol–water partition coefficient (Wildman–Crippen LogP) is -1.83. The molecular formula is C14H15N5O6. The molecule has 0 aliphatic carbocycles. The maximum absolute atomic E-state index is 11.8. The van der Waals surface area contributed by atoms with Crippen LogP contribution in [0.4, 0.5) is 11.6 Å². The standard InChI is InChI=1S/C14H15N5O6/c1-14(24)8(21)6(3-20)25-13(14)19-2-5-7-9(15-4-16-10(7)19)18-12(23)11(22)17-5/h2,4,6,8,13,20-21,24H,3H2,1H3,(H,17,22)(H,15,16,18,23)/t6-,8-,13?,14+/m1/s1. The van der Waals surface area contributed by atoms with Crippen molar-refractivity contribution < 1.29 is 20.1 Å². The molecule has 4 atom stereocenters. The number of aliphatic hydroxyl groups is 3. The molecule has 1 fully saturated rings. The van der Waals surface area contributed by atoms with E-state index in [0.29, 0.717) is 5.39 Å². The highest BCUT2D eigenvalue weighted by Gasteiger charge is 2.53. The fraction of sp³-hybridized carbons (Fsp3) is 0.429. The van der Waals surface area contributed by atoms with Gasteiger partial charge in [-0.2, -0.15) is 4.98 Å². The van der Waals surface area contributed by atoms with E-state index in [-0.39, 0.29) is 17.2 Å². The molecule has 11 heteroatoms. The molecule has 0 amide bonds. The summed E-state index contributed by atoms with van der Waals surface area (Å²) in [7, 11) is 0. The Balaban J connectivity index is 1.98. The van der Waals surface area contributed by atoms with Crippen LogP contribution in [0.1, 0.15) is 13.2 Å². The smallest absolute Gasteiger partial charge is 0.337 e. The lowest BCUT2D eigenvalue weighted by Gasteiger charge is -2.28. The van der Waals surface area contributed by atoms with Crippen molar-refractivity contribution >= 4 is 28.9 Å². The fourth-order valence-electron chi connectivity index (χ4n) is 3.19. The maximum atomic E-state index is 11.8. The van der Waals surface area contributed by atoms with Gasteiger partial charge in [-0.1, -0.05) is 0 Å². The Morgan fingerprint density at radius 3 is 2.88 bits per heavy atom. The number of nitrogens with one attached hydrogen (secondary N) is 2. The second-order valence-corrected chi connectivity index (χ2v) is 6.15. The van der Waals surface area contributed by atoms with Crippen LogP contribution in [0.25, 0.3) is 10.9 Å². The van der Waals surface area contributed by atoms with Crippen molar-refractivity contribution in [1.29, 1.82) is 0 Å². The molecule has 132 valence electrons.